The molecule has 190 valence electrons. The molecule has 5 aliphatic rings. The lowest BCUT2D eigenvalue weighted by atomic mass is 9.44. The van der Waals surface area contributed by atoms with Crippen LogP contribution in [0.3, 0.4) is 0 Å². The second-order valence-electron chi connectivity index (χ2n) is 12.0. The third-order valence-electron chi connectivity index (χ3n) is 10.3. The van der Waals surface area contributed by atoms with Crippen molar-refractivity contribution in [2.24, 2.45) is 44.8 Å². The summed E-state index contributed by atoms with van der Waals surface area (Å²) in [5.74, 6) is 0.755. The third kappa shape index (κ3) is 4.10. The number of likely N-dealkylation sites (tertiary alicyclic amines) is 1. The zero-order valence-corrected chi connectivity index (χ0v) is 21.2. The fourth-order valence-corrected chi connectivity index (χ4v) is 8.45. The van der Waals surface area contributed by atoms with Crippen molar-refractivity contribution >= 4 is 17.2 Å². The monoisotopic (exact) mass is 475 g/mol. The van der Waals surface area contributed by atoms with Crippen LogP contribution in [0.5, 0.6) is 0 Å². The molecule has 34 heavy (non-hydrogen) atoms. The van der Waals surface area contributed by atoms with E-state index in [2.05, 4.69) is 22.1 Å². The van der Waals surface area contributed by atoms with Crippen molar-refractivity contribution in [3.05, 3.63) is 0 Å². The lowest BCUT2D eigenvalue weighted by Gasteiger charge is -2.59. The van der Waals surface area contributed by atoms with Gasteiger partial charge in [-0.25, -0.2) is 4.39 Å². The molecule has 0 aromatic carbocycles. The maximum absolute atomic E-state index is 15.2. The van der Waals surface area contributed by atoms with Crippen molar-refractivity contribution < 1.29 is 18.9 Å². The van der Waals surface area contributed by atoms with Gasteiger partial charge < -0.3 is 9.68 Å². The second kappa shape index (κ2) is 9.51. The summed E-state index contributed by atoms with van der Waals surface area (Å²) in [5.41, 5.74) is 1.66. The zero-order valence-electron chi connectivity index (χ0n) is 21.2. The number of halogens is 1. The summed E-state index contributed by atoms with van der Waals surface area (Å²) in [6, 6.07) is 0. The average Bonchev–Trinajstić information content (AvgIpc) is 3.06. The first-order valence-electron chi connectivity index (χ1n) is 13.5. The molecule has 0 amide bonds. The van der Waals surface area contributed by atoms with Crippen LogP contribution in [0.4, 0.5) is 4.39 Å². The minimum atomic E-state index is -1.02. The van der Waals surface area contributed by atoms with E-state index in [4.69, 9.17) is 9.68 Å². The Labute approximate surface area is 203 Å². The first kappa shape index (κ1) is 24.2. The predicted molar refractivity (Wildman–Crippen MR) is 131 cm³/mol. The van der Waals surface area contributed by atoms with Crippen LogP contribution in [0.15, 0.2) is 10.3 Å². The number of carbonyl (C=O) groups excluding carboxylic acids is 1. The number of hydrogen-bond acceptors (Lipinski definition) is 6. The standard InChI is InChI=1S/C27H42FN3O3/c1-26-9-7-18(29-34-14-13-31-11-5-4-6-12-31)15-21(26)23(30-33-3)16-19-20(26)8-10-27(2)24(32)17-22(28)25(19)27/h19-22,25H,4-17H2,1-3H3/b29-18?,30-23+/t19?,20?,21?,22?,25?,26-,27-/m1/s1. The predicted octanol–water partition coefficient (Wildman–Crippen LogP) is 5.02. The molecule has 5 fully saturated rings. The highest BCUT2D eigenvalue weighted by Gasteiger charge is 2.64. The Bertz CT molecular complexity index is 841. The van der Waals surface area contributed by atoms with Crippen LogP contribution in [-0.2, 0) is 14.5 Å². The highest BCUT2D eigenvalue weighted by Crippen LogP contribution is 2.65. The van der Waals surface area contributed by atoms with Gasteiger partial charge in [0.05, 0.1) is 11.4 Å². The van der Waals surface area contributed by atoms with Gasteiger partial charge in [0.2, 0.25) is 0 Å². The lowest BCUT2D eigenvalue weighted by Crippen LogP contribution is -2.57. The van der Waals surface area contributed by atoms with Gasteiger partial charge >= 0.3 is 0 Å². The summed E-state index contributed by atoms with van der Waals surface area (Å²) in [6.07, 6.45) is 8.29. The number of oxime groups is 2. The molecule has 0 bridgehead atoms. The molecule has 4 aliphatic carbocycles. The fourth-order valence-electron chi connectivity index (χ4n) is 8.45. The van der Waals surface area contributed by atoms with Crippen LogP contribution in [0.1, 0.15) is 78.1 Å². The summed E-state index contributed by atoms with van der Waals surface area (Å²) in [6.45, 7) is 8.32. The van der Waals surface area contributed by atoms with Gasteiger partial charge in [0.15, 0.2) is 0 Å². The molecular formula is C27H42FN3O3. The summed E-state index contributed by atoms with van der Waals surface area (Å²) >= 11 is 0. The van der Waals surface area contributed by atoms with Gasteiger partial charge in [-0.15, -0.1) is 0 Å². The van der Waals surface area contributed by atoms with E-state index in [1.54, 1.807) is 7.11 Å². The number of hydrogen-bond donors (Lipinski definition) is 0. The highest BCUT2D eigenvalue weighted by atomic mass is 19.1. The van der Waals surface area contributed by atoms with Gasteiger partial charge in [-0.2, -0.15) is 0 Å². The molecule has 1 heterocycles. The molecule has 6 nitrogen and oxygen atoms in total. The molecule has 0 radical (unpaired) electrons. The van der Waals surface area contributed by atoms with Gasteiger partial charge in [0.1, 0.15) is 25.7 Å². The molecule has 1 saturated heterocycles. The van der Waals surface area contributed by atoms with Crippen LogP contribution in [-0.4, -0.2) is 61.6 Å². The fraction of sp³-hybridized carbons (Fsp3) is 0.889. The molecular weight excluding hydrogens is 433 g/mol. The Hall–Kier alpha value is -1.50. The number of ketones is 1. The van der Waals surface area contributed by atoms with Gasteiger partial charge in [-0.1, -0.05) is 30.6 Å². The van der Waals surface area contributed by atoms with Crippen LogP contribution in [0.25, 0.3) is 0 Å². The van der Waals surface area contributed by atoms with Crippen LogP contribution < -0.4 is 0 Å². The average molecular weight is 476 g/mol. The summed E-state index contributed by atoms with van der Waals surface area (Å²) in [4.78, 5) is 26.3. The molecule has 0 aromatic rings. The van der Waals surface area contributed by atoms with Crippen LogP contribution >= 0.6 is 0 Å². The van der Waals surface area contributed by atoms with Gasteiger partial charge in [-0.05, 0) is 81.7 Å². The Balaban J connectivity index is 1.30. The van der Waals surface area contributed by atoms with E-state index in [-0.39, 0.29) is 35.4 Å². The van der Waals surface area contributed by atoms with Crippen molar-refractivity contribution in [3.8, 4) is 0 Å². The van der Waals surface area contributed by atoms with E-state index in [1.165, 1.54) is 32.4 Å². The van der Waals surface area contributed by atoms with E-state index >= 15 is 4.39 Å². The number of fused-ring (bicyclic) bond motifs is 5. The largest absolute Gasteiger partial charge is 0.399 e. The number of rotatable bonds is 5. The number of Topliss-reactive ketones (excluding diaryl/α,β-unsaturated/α-hetero) is 1. The summed E-state index contributed by atoms with van der Waals surface area (Å²) in [5, 5.41) is 9.05. The van der Waals surface area contributed by atoms with Crippen molar-refractivity contribution in [2.45, 2.75) is 84.2 Å². The quantitative estimate of drug-likeness (QED) is 0.414. The van der Waals surface area contributed by atoms with E-state index in [1.807, 2.05) is 6.92 Å². The van der Waals surface area contributed by atoms with Crippen molar-refractivity contribution in [2.75, 3.05) is 33.4 Å². The van der Waals surface area contributed by atoms with E-state index in [9.17, 15) is 4.79 Å². The Morgan fingerprint density at radius 2 is 1.88 bits per heavy atom. The maximum Gasteiger partial charge on any atom is 0.142 e. The molecule has 7 heteroatoms. The van der Waals surface area contributed by atoms with Crippen molar-refractivity contribution in [3.63, 3.8) is 0 Å². The SMILES string of the molecule is CO/N=C1\CC2C(CC[C@]3(C)C(=O)CC(F)C23)[C@@]2(C)CCC(=NOCCN3CCCCC3)CC12. The van der Waals surface area contributed by atoms with Crippen molar-refractivity contribution in [1.82, 2.24) is 4.90 Å². The number of alkyl halides is 1. The summed E-state index contributed by atoms with van der Waals surface area (Å²) in [7, 11) is 1.60. The van der Waals surface area contributed by atoms with E-state index in [0.29, 0.717) is 12.5 Å². The molecule has 1 aliphatic heterocycles. The summed E-state index contributed by atoms with van der Waals surface area (Å²) < 4.78 is 15.2. The van der Waals surface area contributed by atoms with Gasteiger partial charge in [0, 0.05) is 30.2 Å². The topological polar surface area (TPSA) is 63.5 Å². The molecule has 0 aromatic heterocycles. The second-order valence-corrected chi connectivity index (χ2v) is 12.0. The molecule has 0 N–H and O–H groups in total. The highest BCUT2D eigenvalue weighted by molar-refractivity contribution is 5.96. The maximum atomic E-state index is 15.2. The molecule has 5 unspecified atom stereocenters. The van der Waals surface area contributed by atoms with E-state index in [0.717, 1.165) is 56.5 Å². The first-order valence-corrected chi connectivity index (χ1v) is 13.5. The van der Waals surface area contributed by atoms with Gasteiger partial charge in [-0.3, -0.25) is 9.69 Å². The number of nitrogens with zero attached hydrogens (tertiary/aromatic N) is 3. The van der Waals surface area contributed by atoms with Gasteiger partial charge in [0.25, 0.3) is 0 Å². The normalized spacial score (nSPS) is 45.1. The molecule has 0 spiro atoms. The van der Waals surface area contributed by atoms with E-state index < -0.39 is 11.6 Å². The zero-order chi connectivity index (χ0) is 23.9. The Morgan fingerprint density at radius 1 is 1.09 bits per heavy atom. The Morgan fingerprint density at radius 3 is 2.65 bits per heavy atom. The van der Waals surface area contributed by atoms with Crippen LogP contribution in [0.2, 0.25) is 0 Å². The van der Waals surface area contributed by atoms with Crippen LogP contribution in [0, 0.1) is 34.5 Å². The molecule has 4 saturated carbocycles. The third-order valence-corrected chi connectivity index (χ3v) is 10.3. The Kier molecular flexibility index (Phi) is 6.77. The minimum absolute atomic E-state index is 0.0276. The molecule has 5 rings (SSSR count). The number of carbonyl (C=O) groups is 1. The lowest BCUT2D eigenvalue weighted by molar-refractivity contribution is -0.134. The van der Waals surface area contributed by atoms with Crippen molar-refractivity contribution in [1.29, 1.82) is 0 Å². The number of piperidine rings is 1. The minimum Gasteiger partial charge on any atom is -0.399 e. The first-order chi connectivity index (χ1) is 16.4. The molecule has 7 atom stereocenters. The smallest absolute Gasteiger partial charge is 0.142 e.